The minimum atomic E-state index is 0.601. The molecule has 1 aliphatic rings. The predicted molar refractivity (Wildman–Crippen MR) is 101 cm³/mol. The number of hydrogen-bond donors (Lipinski definition) is 0. The molecule has 0 saturated carbocycles. The molecular formula is C20H25N5O. The van der Waals surface area contributed by atoms with Crippen molar-refractivity contribution in [3.05, 3.63) is 48.6 Å². The van der Waals surface area contributed by atoms with Crippen molar-refractivity contribution < 1.29 is 4.42 Å². The zero-order valence-electron chi connectivity index (χ0n) is 15.4. The summed E-state index contributed by atoms with van der Waals surface area (Å²) in [5.41, 5.74) is 0.829. The van der Waals surface area contributed by atoms with E-state index in [2.05, 4.69) is 38.5 Å². The van der Waals surface area contributed by atoms with Gasteiger partial charge < -0.3 is 9.32 Å². The molecule has 3 aromatic rings. The summed E-state index contributed by atoms with van der Waals surface area (Å²) in [5, 5.41) is 9.03. The highest BCUT2D eigenvalue weighted by atomic mass is 16.3. The summed E-state index contributed by atoms with van der Waals surface area (Å²) in [6, 6.07) is 9.76. The maximum Gasteiger partial charge on any atom is 0.228 e. The smallest absolute Gasteiger partial charge is 0.228 e. The fraction of sp³-hybridized carbons (Fsp3) is 0.450. The van der Waals surface area contributed by atoms with E-state index in [0.29, 0.717) is 18.4 Å². The Labute approximate surface area is 153 Å². The highest BCUT2D eigenvalue weighted by molar-refractivity contribution is 5.53. The summed E-state index contributed by atoms with van der Waals surface area (Å²) in [6.07, 6.45) is 5.97. The molecule has 0 aromatic carbocycles. The van der Waals surface area contributed by atoms with Crippen LogP contribution in [0.25, 0.3) is 11.5 Å². The van der Waals surface area contributed by atoms with Gasteiger partial charge >= 0.3 is 0 Å². The second-order valence-electron chi connectivity index (χ2n) is 7.30. The van der Waals surface area contributed by atoms with Crippen LogP contribution in [0.3, 0.4) is 0 Å². The molecule has 0 spiro atoms. The molecule has 3 aromatic heterocycles. The Kier molecular flexibility index (Phi) is 4.73. The topological polar surface area (TPSA) is 60.0 Å². The number of furan rings is 1. The van der Waals surface area contributed by atoms with Gasteiger partial charge in [0.05, 0.1) is 12.8 Å². The van der Waals surface area contributed by atoms with Gasteiger partial charge in [-0.05, 0) is 48.9 Å². The van der Waals surface area contributed by atoms with Crippen LogP contribution in [0.1, 0.15) is 32.4 Å². The molecule has 6 nitrogen and oxygen atoms in total. The third-order valence-corrected chi connectivity index (χ3v) is 5.20. The van der Waals surface area contributed by atoms with E-state index in [-0.39, 0.29) is 0 Å². The fourth-order valence-electron chi connectivity index (χ4n) is 3.65. The van der Waals surface area contributed by atoms with E-state index in [4.69, 9.17) is 4.42 Å². The van der Waals surface area contributed by atoms with Gasteiger partial charge in [-0.1, -0.05) is 19.9 Å². The molecule has 6 heteroatoms. The minimum Gasteiger partial charge on any atom is -0.467 e. The zero-order valence-corrected chi connectivity index (χ0v) is 15.4. The van der Waals surface area contributed by atoms with Crippen LogP contribution in [0, 0.1) is 11.8 Å². The van der Waals surface area contributed by atoms with Crippen LogP contribution in [-0.4, -0.2) is 32.8 Å². The number of anilines is 1. The van der Waals surface area contributed by atoms with Gasteiger partial charge in [0.15, 0.2) is 5.82 Å². The lowest BCUT2D eigenvalue weighted by atomic mass is 9.88. The van der Waals surface area contributed by atoms with E-state index in [1.807, 2.05) is 30.3 Å². The first-order valence-electron chi connectivity index (χ1n) is 9.34. The molecule has 0 N–H and O–H groups in total. The summed E-state index contributed by atoms with van der Waals surface area (Å²) in [6.45, 7) is 7.25. The van der Waals surface area contributed by atoms with E-state index >= 15 is 0 Å². The first-order valence-corrected chi connectivity index (χ1v) is 9.34. The average molecular weight is 351 g/mol. The SMILES string of the molecule is CC(C)C1CCCN(c2nnc(-c3ccccn3)n2Cc2ccco2)C1. The van der Waals surface area contributed by atoms with Crippen molar-refractivity contribution in [2.24, 2.45) is 11.8 Å². The molecule has 1 unspecified atom stereocenters. The van der Waals surface area contributed by atoms with E-state index in [1.165, 1.54) is 12.8 Å². The van der Waals surface area contributed by atoms with E-state index in [9.17, 15) is 0 Å². The molecule has 0 radical (unpaired) electrons. The van der Waals surface area contributed by atoms with Gasteiger partial charge in [-0.3, -0.25) is 9.55 Å². The Bertz CT molecular complexity index is 825. The number of pyridine rings is 1. The van der Waals surface area contributed by atoms with Gasteiger partial charge in [0.1, 0.15) is 11.5 Å². The Morgan fingerprint density at radius 1 is 1.19 bits per heavy atom. The standard InChI is InChI=1S/C20H25N5O/c1-15(2)16-7-5-11-24(13-16)20-23-22-19(18-9-3-4-10-21-18)25(20)14-17-8-6-12-26-17/h3-4,6,8-10,12,15-16H,5,7,11,13-14H2,1-2H3. The third kappa shape index (κ3) is 3.36. The van der Waals surface area contributed by atoms with Gasteiger partial charge in [0.2, 0.25) is 5.95 Å². The second kappa shape index (κ2) is 7.32. The number of nitrogens with zero attached hydrogens (tertiary/aromatic N) is 5. The van der Waals surface area contributed by atoms with Crippen LogP contribution in [0.4, 0.5) is 5.95 Å². The maximum atomic E-state index is 5.58. The first kappa shape index (κ1) is 16.8. The van der Waals surface area contributed by atoms with Gasteiger partial charge in [0, 0.05) is 19.3 Å². The van der Waals surface area contributed by atoms with Crippen LogP contribution in [-0.2, 0) is 6.54 Å². The summed E-state index contributed by atoms with van der Waals surface area (Å²) in [7, 11) is 0. The predicted octanol–water partition coefficient (Wildman–Crippen LogP) is 3.85. The molecule has 4 rings (SSSR count). The fourth-order valence-corrected chi connectivity index (χ4v) is 3.65. The lowest BCUT2D eigenvalue weighted by Gasteiger charge is -2.35. The number of piperidine rings is 1. The highest BCUT2D eigenvalue weighted by Crippen LogP contribution is 2.29. The Morgan fingerprint density at radius 2 is 2.12 bits per heavy atom. The van der Waals surface area contributed by atoms with E-state index < -0.39 is 0 Å². The van der Waals surface area contributed by atoms with Crippen molar-refractivity contribution >= 4 is 5.95 Å². The highest BCUT2D eigenvalue weighted by Gasteiger charge is 2.27. The van der Waals surface area contributed by atoms with E-state index in [1.54, 1.807) is 12.5 Å². The molecule has 0 amide bonds. The normalized spacial score (nSPS) is 17.8. The number of rotatable bonds is 5. The van der Waals surface area contributed by atoms with Crippen molar-refractivity contribution in [3.63, 3.8) is 0 Å². The van der Waals surface area contributed by atoms with Crippen LogP contribution < -0.4 is 4.90 Å². The third-order valence-electron chi connectivity index (χ3n) is 5.20. The molecule has 0 aliphatic carbocycles. The van der Waals surface area contributed by atoms with Gasteiger partial charge in [-0.2, -0.15) is 0 Å². The summed E-state index contributed by atoms with van der Waals surface area (Å²) in [5.74, 6) is 3.95. The number of aromatic nitrogens is 4. The molecule has 136 valence electrons. The lowest BCUT2D eigenvalue weighted by Crippen LogP contribution is -2.39. The summed E-state index contributed by atoms with van der Waals surface area (Å²) in [4.78, 5) is 6.84. The molecule has 1 fully saturated rings. The van der Waals surface area contributed by atoms with Crippen molar-refractivity contribution in [1.29, 1.82) is 0 Å². The summed E-state index contributed by atoms with van der Waals surface area (Å²) < 4.78 is 7.71. The minimum absolute atomic E-state index is 0.601. The van der Waals surface area contributed by atoms with Crippen LogP contribution in [0.15, 0.2) is 47.2 Å². The van der Waals surface area contributed by atoms with Gasteiger partial charge in [0.25, 0.3) is 0 Å². The molecule has 26 heavy (non-hydrogen) atoms. The van der Waals surface area contributed by atoms with Crippen molar-refractivity contribution in [1.82, 2.24) is 19.7 Å². The van der Waals surface area contributed by atoms with Crippen LogP contribution >= 0.6 is 0 Å². The number of hydrogen-bond acceptors (Lipinski definition) is 5. The van der Waals surface area contributed by atoms with Crippen molar-refractivity contribution in [2.45, 2.75) is 33.2 Å². The molecule has 1 aliphatic heterocycles. The van der Waals surface area contributed by atoms with Crippen LogP contribution in [0.2, 0.25) is 0 Å². The van der Waals surface area contributed by atoms with Gasteiger partial charge in [-0.15, -0.1) is 10.2 Å². The second-order valence-corrected chi connectivity index (χ2v) is 7.30. The molecule has 0 bridgehead atoms. The first-order chi connectivity index (χ1) is 12.7. The van der Waals surface area contributed by atoms with Crippen molar-refractivity contribution in [3.8, 4) is 11.5 Å². The molecule has 4 heterocycles. The van der Waals surface area contributed by atoms with Crippen molar-refractivity contribution in [2.75, 3.05) is 18.0 Å². The quantitative estimate of drug-likeness (QED) is 0.699. The lowest BCUT2D eigenvalue weighted by molar-refractivity contribution is 0.318. The molecule has 1 saturated heterocycles. The van der Waals surface area contributed by atoms with E-state index in [0.717, 1.165) is 36.3 Å². The van der Waals surface area contributed by atoms with Crippen LogP contribution in [0.5, 0.6) is 0 Å². The Morgan fingerprint density at radius 3 is 2.85 bits per heavy atom. The average Bonchev–Trinajstić information content (AvgIpc) is 3.33. The Hall–Kier alpha value is -2.63. The van der Waals surface area contributed by atoms with Gasteiger partial charge in [-0.25, -0.2) is 0 Å². The monoisotopic (exact) mass is 351 g/mol. The summed E-state index contributed by atoms with van der Waals surface area (Å²) >= 11 is 0. The Balaban J connectivity index is 1.71. The largest absolute Gasteiger partial charge is 0.467 e. The zero-order chi connectivity index (χ0) is 17.9. The molecule has 1 atom stereocenters. The molecular weight excluding hydrogens is 326 g/mol. The maximum absolute atomic E-state index is 5.58.